The molecule has 0 atom stereocenters. The van der Waals surface area contributed by atoms with Crippen molar-refractivity contribution in [2.75, 3.05) is 0 Å². The van der Waals surface area contributed by atoms with Crippen LogP contribution in [0.4, 0.5) is 0 Å². The highest BCUT2D eigenvalue weighted by Crippen LogP contribution is 2.34. The van der Waals surface area contributed by atoms with Crippen LogP contribution >= 0.6 is 11.6 Å². The van der Waals surface area contributed by atoms with Gasteiger partial charge in [-0.05, 0) is 25.5 Å². The highest BCUT2D eigenvalue weighted by molar-refractivity contribution is 6.36. The van der Waals surface area contributed by atoms with Gasteiger partial charge in [-0.25, -0.2) is 4.79 Å². The topological polar surface area (TPSA) is 43.4 Å². The molecule has 0 aliphatic carbocycles. The van der Waals surface area contributed by atoms with Crippen molar-refractivity contribution in [2.45, 2.75) is 13.8 Å². The number of benzene rings is 1. The van der Waals surface area contributed by atoms with Gasteiger partial charge in [0.25, 0.3) is 0 Å². The molecule has 0 amide bonds. The molecule has 17 heavy (non-hydrogen) atoms. The van der Waals surface area contributed by atoms with Gasteiger partial charge in [0.1, 0.15) is 11.3 Å². The van der Waals surface area contributed by atoms with E-state index in [4.69, 9.17) is 20.4 Å². The number of halogens is 1. The Balaban J connectivity index is 2.67. The smallest absolute Gasteiger partial charge is 0.336 e. The summed E-state index contributed by atoms with van der Waals surface area (Å²) in [5, 5.41) is 2.21. The number of aryl methyl sites for hydroxylation is 2. The first kappa shape index (κ1) is 10.4. The van der Waals surface area contributed by atoms with Crippen molar-refractivity contribution in [3.8, 4) is 0 Å². The zero-order valence-electron chi connectivity index (χ0n) is 9.33. The van der Waals surface area contributed by atoms with E-state index < -0.39 is 0 Å². The largest absolute Gasteiger partial charge is 0.460 e. The van der Waals surface area contributed by atoms with Crippen LogP contribution in [-0.2, 0) is 0 Å². The van der Waals surface area contributed by atoms with Gasteiger partial charge in [-0.3, -0.25) is 0 Å². The van der Waals surface area contributed by atoms with Gasteiger partial charge < -0.3 is 8.83 Å². The van der Waals surface area contributed by atoms with Gasteiger partial charge in [-0.15, -0.1) is 0 Å². The summed E-state index contributed by atoms with van der Waals surface area (Å²) in [6.45, 7) is 3.73. The zero-order valence-corrected chi connectivity index (χ0v) is 10.1. The van der Waals surface area contributed by atoms with Crippen LogP contribution < -0.4 is 5.63 Å². The van der Waals surface area contributed by atoms with Gasteiger partial charge in [0.05, 0.1) is 5.02 Å². The van der Waals surface area contributed by atoms with Crippen LogP contribution in [0, 0.1) is 13.8 Å². The Bertz CT molecular complexity index is 796. The van der Waals surface area contributed by atoms with Crippen molar-refractivity contribution in [2.24, 2.45) is 0 Å². The highest BCUT2D eigenvalue weighted by atomic mass is 35.5. The first-order valence-corrected chi connectivity index (χ1v) is 5.57. The van der Waals surface area contributed by atoms with Gasteiger partial charge in [0.2, 0.25) is 0 Å². The molecule has 0 saturated heterocycles. The molecule has 0 aliphatic heterocycles. The molecular weight excluding hydrogens is 240 g/mol. The van der Waals surface area contributed by atoms with Gasteiger partial charge in [-0.2, -0.15) is 0 Å². The maximum Gasteiger partial charge on any atom is 0.336 e. The second-order valence-electron chi connectivity index (χ2n) is 4.08. The van der Waals surface area contributed by atoms with Gasteiger partial charge in [0.15, 0.2) is 5.58 Å². The van der Waals surface area contributed by atoms with E-state index in [1.807, 2.05) is 19.9 Å². The molecule has 0 bridgehead atoms. The molecule has 3 aromatic rings. The summed E-state index contributed by atoms with van der Waals surface area (Å²) in [6, 6.07) is 4.99. The first-order chi connectivity index (χ1) is 8.06. The van der Waals surface area contributed by atoms with Crippen molar-refractivity contribution in [3.05, 3.63) is 45.0 Å². The molecule has 2 heterocycles. The molecule has 0 radical (unpaired) electrons. The van der Waals surface area contributed by atoms with Gasteiger partial charge in [0, 0.05) is 22.9 Å². The fourth-order valence-corrected chi connectivity index (χ4v) is 2.38. The van der Waals surface area contributed by atoms with Crippen molar-refractivity contribution in [1.29, 1.82) is 0 Å². The Hall–Kier alpha value is -1.74. The summed E-state index contributed by atoms with van der Waals surface area (Å²) in [5.41, 5.74) is 1.62. The third-order valence-corrected chi connectivity index (χ3v) is 3.07. The number of rotatable bonds is 0. The number of furan rings is 1. The van der Waals surface area contributed by atoms with Crippen LogP contribution in [-0.4, -0.2) is 0 Å². The van der Waals surface area contributed by atoms with E-state index in [1.54, 1.807) is 6.07 Å². The Morgan fingerprint density at radius 2 is 1.88 bits per heavy atom. The Labute approximate surface area is 102 Å². The number of fused-ring (bicyclic) bond motifs is 3. The lowest BCUT2D eigenvalue weighted by Gasteiger charge is -2.02. The summed E-state index contributed by atoms with van der Waals surface area (Å²) in [5.74, 6) is 0.778. The molecule has 0 fully saturated rings. The minimum Gasteiger partial charge on any atom is -0.460 e. The molecule has 2 aromatic heterocycles. The summed E-state index contributed by atoms with van der Waals surface area (Å²) in [4.78, 5) is 11.3. The van der Waals surface area contributed by atoms with Crippen LogP contribution in [0.15, 0.2) is 31.8 Å². The Morgan fingerprint density at radius 1 is 1.12 bits per heavy atom. The molecule has 0 spiro atoms. The second-order valence-corrected chi connectivity index (χ2v) is 4.49. The standard InChI is InChI=1S/C13H9ClO3/c1-6-3-11(15)17-10-5-9(14)13-8(12(6)10)4-7(2)16-13/h3-5H,1-2H3. The third kappa shape index (κ3) is 1.46. The lowest BCUT2D eigenvalue weighted by atomic mass is 10.1. The normalized spacial score (nSPS) is 11.5. The predicted molar refractivity (Wildman–Crippen MR) is 66.7 cm³/mol. The number of hydrogen-bond donors (Lipinski definition) is 0. The molecule has 0 saturated carbocycles. The van der Waals surface area contributed by atoms with Crippen molar-refractivity contribution in [3.63, 3.8) is 0 Å². The first-order valence-electron chi connectivity index (χ1n) is 5.19. The minimum absolute atomic E-state index is 0.370. The third-order valence-electron chi connectivity index (χ3n) is 2.78. The summed E-state index contributed by atoms with van der Waals surface area (Å²) < 4.78 is 10.7. The van der Waals surface area contributed by atoms with E-state index in [-0.39, 0.29) is 5.63 Å². The van der Waals surface area contributed by atoms with E-state index >= 15 is 0 Å². The van der Waals surface area contributed by atoms with E-state index in [2.05, 4.69) is 0 Å². The average molecular weight is 249 g/mol. The monoisotopic (exact) mass is 248 g/mol. The van der Waals surface area contributed by atoms with Crippen LogP contribution in [0.3, 0.4) is 0 Å². The summed E-state index contributed by atoms with van der Waals surface area (Å²) in [6.07, 6.45) is 0. The summed E-state index contributed by atoms with van der Waals surface area (Å²) >= 11 is 6.10. The van der Waals surface area contributed by atoms with Gasteiger partial charge >= 0.3 is 5.63 Å². The molecule has 0 unspecified atom stereocenters. The number of hydrogen-bond acceptors (Lipinski definition) is 3. The van der Waals surface area contributed by atoms with Crippen LogP contribution in [0.2, 0.25) is 5.02 Å². The predicted octanol–water partition coefficient (Wildman–Crippen LogP) is 3.81. The fourth-order valence-electron chi connectivity index (χ4n) is 2.14. The molecular formula is C13H9ClO3. The lowest BCUT2D eigenvalue weighted by molar-refractivity contribution is 0.559. The quantitative estimate of drug-likeness (QED) is 0.568. The lowest BCUT2D eigenvalue weighted by Crippen LogP contribution is -1.97. The molecule has 86 valence electrons. The minimum atomic E-state index is -0.370. The fraction of sp³-hybridized carbons (Fsp3) is 0.154. The van der Waals surface area contributed by atoms with E-state index in [1.165, 1.54) is 6.07 Å². The summed E-state index contributed by atoms with van der Waals surface area (Å²) in [7, 11) is 0. The van der Waals surface area contributed by atoms with Crippen molar-refractivity contribution in [1.82, 2.24) is 0 Å². The molecule has 0 N–H and O–H groups in total. The second kappa shape index (κ2) is 3.37. The molecule has 3 rings (SSSR count). The SMILES string of the molecule is Cc1cc2c(o1)c(Cl)cc1oc(=O)cc(C)c12. The van der Waals surface area contributed by atoms with Crippen molar-refractivity contribution < 1.29 is 8.83 Å². The zero-order chi connectivity index (χ0) is 12.2. The van der Waals surface area contributed by atoms with Crippen LogP contribution in [0.25, 0.3) is 21.9 Å². The van der Waals surface area contributed by atoms with Crippen LogP contribution in [0.5, 0.6) is 0 Å². The maximum atomic E-state index is 11.3. The van der Waals surface area contributed by atoms with Gasteiger partial charge in [-0.1, -0.05) is 11.6 Å². The maximum absolute atomic E-state index is 11.3. The molecule has 0 aliphatic rings. The van der Waals surface area contributed by atoms with E-state index in [0.717, 1.165) is 22.1 Å². The molecule has 4 heteroatoms. The Morgan fingerprint density at radius 3 is 2.65 bits per heavy atom. The highest BCUT2D eigenvalue weighted by Gasteiger charge is 2.13. The van der Waals surface area contributed by atoms with E-state index in [0.29, 0.717) is 16.2 Å². The average Bonchev–Trinajstić information content (AvgIpc) is 2.58. The Kier molecular flexibility index (Phi) is 2.07. The van der Waals surface area contributed by atoms with E-state index in [9.17, 15) is 4.79 Å². The van der Waals surface area contributed by atoms with Crippen molar-refractivity contribution >= 4 is 33.5 Å². The molecule has 3 nitrogen and oxygen atoms in total. The van der Waals surface area contributed by atoms with Crippen LogP contribution in [0.1, 0.15) is 11.3 Å². The molecule has 1 aromatic carbocycles.